The van der Waals surface area contributed by atoms with Gasteiger partial charge in [-0.2, -0.15) is 0 Å². The number of hydrogen-bond acceptors (Lipinski definition) is 5. The molecule has 1 saturated carbocycles. The van der Waals surface area contributed by atoms with Crippen LogP contribution in [0.1, 0.15) is 58.3 Å². The van der Waals surface area contributed by atoms with E-state index in [9.17, 15) is 15.0 Å². The van der Waals surface area contributed by atoms with Crippen LogP contribution in [0, 0.1) is 11.8 Å². The van der Waals surface area contributed by atoms with Crippen LogP contribution >= 0.6 is 0 Å². The third-order valence-corrected chi connectivity index (χ3v) is 5.11. The summed E-state index contributed by atoms with van der Waals surface area (Å²) in [4.78, 5) is 15.6. The van der Waals surface area contributed by atoms with E-state index in [0.717, 1.165) is 43.4 Å². The van der Waals surface area contributed by atoms with E-state index < -0.39 is 18.2 Å². The van der Waals surface area contributed by atoms with Crippen LogP contribution in [0.2, 0.25) is 0 Å². The molecule has 0 amide bonds. The zero-order valence-electron chi connectivity index (χ0n) is 15.0. The number of carboxylic acids is 1. The van der Waals surface area contributed by atoms with Gasteiger partial charge in [0.2, 0.25) is 0 Å². The largest absolute Gasteiger partial charge is 0.481 e. The molecular weight excluding hydrogens is 322 g/mol. The third-order valence-electron chi connectivity index (χ3n) is 5.11. The number of carbonyl (C=O) groups is 1. The van der Waals surface area contributed by atoms with Gasteiger partial charge in [0.25, 0.3) is 0 Å². The van der Waals surface area contributed by atoms with Gasteiger partial charge in [-0.25, -0.2) is 0 Å². The van der Waals surface area contributed by atoms with Crippen LogP contribution in [-0.2, 0) is 9.63 Å². The van der Waals surface area contributed by atoms with Crippen LogP contribution in [0.5, 0.6) is 0 Å². The van der Waals surface area contributed by atoms with Gasteiger partial charge in [0.15, 0.2) is 0 Å². The number of nitrogens with one attached hydrogen (secondary N) is 1. The summed E-state index contributed by atoms with van der Waals surface area (Å²) in [6.45, 7) is 2.29. The van der Waals surface area contributed by atoms with Crippen molar-refractivity contribution < 1.29 is 25.0 Å². The Balaban J connectivity index is 1.74. The summed E-state index contributed by atoms with van der Waals surface area (Å²) in [5, 5.41) is 29.0. The Labute approximate surface area is 149 Å². The number of rotatable bonds is 12. The molecule has 6 heteroatoms. The van der Waals surface area contributed by atoms with Crippen LogP contribution in [0.25, 0.3) is 0 Å². The van der Waals surface area contributed by atoms with Gasteiger partial charge < -0.3 is 15.3 Å². The van der Waals surface area contributed by atoms with Gasteiger partial charge in [-0.05, 0) is 24.8 Å². The van der Waals surface area contributed by atoms with Crippen LogP contribution in [0.15, 0.2) is 23.4 Å². The van der Waals surface area contributed by atoms with Crippen molar-refractivity contribution in [2.75, 3.05) is 6.61 Å². The van der Waals surface area contributed by atoms with E-state index in [4.69, 9.17) is 9.94 Å². The number of fused-ring (bicyclic) bond motifs is 1. The minimum Gasteiger partial charge on any atom is -0.481 e. The molecule has 4 N–H and O–H groups in total. The van der Waals surface area contributed by atoms with Crippen molar-refractivity contribution in [3.63, 3.8) is 0 Å². The van der Waals surface area contributed by atoms with Crippen LogP contribution < -0.4 is 5.48 Å². The van der Waals surface area contributed by atoms with Crippen molar-refractivity contribution in [2.24, 2.45) is 11.8 Å². The van der Waals surface area contributed by atoms with E-state index in [1.54, 1.807) is 0 Å². The first-order chi connectivity index (χ1) is 12.0. The van der Waals surface area contributed by atoms with Gasteiger partial charge in [0.1, 0.15) is 0 Å². The molecule has 0 aliphatic heterocycles. The van der Waals surface area contributed by atoms with Crippen molar-refractivity contribution >= 4 is 5.97 Å². The Morgan fingerprint density at radius 3 is 2.88 bits per heavy atom. The number of aliphatic hydroxyl groups is 2. The number of hydroxylamine groups is 1. The summed E-state index contributed by atoms with van der Waals surface area (Å²) >= 11 is 0. The first-order valence-corrected chi connectivity index (χ1v) is 9.38. The molecule has 0 radical (unpaired) electrons. The van der Waals surface area contributed by atoms with E-state index in [0.29, 0.717) is 0 Å². The highest BCUT2D eigenvalue weighted by molar-refractivity contribution is 5.66. The maximum absolute atomic E-state index is 10.4. The zero-order valence-corrected chi connectivity index (χ0v) is 15.0. The average molecular weight is 353 g/mol. The van der Waals surface area contributed by atoms with Gasteiger partial charge in [-0.15, -0.1) is 0 Å². The molecule has 0 saturated heterocycles. The van der Waals surface area contributed by atoms with Gasteiger partial charge in [0.05, 0.1) is 25.2 Å². The Bertz CT molecular complexity index is 502. The van der Waals surface area contributed by atoms with E-state index in [1.165, 1.54) is 12.8 Å². The molecule has 25 heavy (non-hydrogen) atoms. The number of aliphatic carboxylic acids is 1. The molecule has 2 aliphatic rings. The highest BCUT2D eigenvalue weighted by Crippen LogP contribution is 2.48. The molecule has 0 aromatic heterocycles. The fraction of sp³-hybridized carbons (Fsp3) is 0.737. The normalized spacial score (nSPS) is 26.6. The predicted octanol–water partition coefficient (Wildman–Crippen LogP) is 2.52. The van der Waals surface area contributed by atoms with Gasteiger partial charge in [-0.1, -0.05) is 44.8 Å². The Kier molecular flexibility index (Phi) is 7.93. The lowest BCUT2D eigenvalue weighted by Gasteiger charge is -2.30. The van der Waals surface area contributed by atoms with E-state index in [2.05, 4.69) is 12.4 Å². The highest BCUT2D eigenvalue weighted by atomic mass is 16.6. The van der Waals surface area contributed by atoms with Crippen LogP contribution in [-0.4, -0.2) is 40.1 Å². The zero-order chi connectivity index (χ0) is 18.2. The molecular formula is C19H31NO5. The predicted molar refractivity (Wildman–Crippen MR) is 94.5 cm³/mol. The molecule has 2 rings (SSSR count). The molecule has 4 atom stereocenters. The quantitative estimate of drug-likeness (QED) is 0.244. The Morgan fingerprint density at radius 2 is 2.16 bits per heavy atom. The molecule has 0 aromatic carbocycles. The summed E-state index contributed by atoms with van der Waals surface area (Å²) < 4.78 is 0. The minimum absolute atomic E-state index is 0.0311. The van der Waals surface area contributed by atoms with Gasteiger partial charge >= 0.3 is 5.97 Å². The van der Waals surface area contributed by atoms with E-state index in [1.807, 2.05) is 12.2 Å². The lowest BCUT2D eigenvalue weighted by atomic mass is 9.83. The SMILES string of the molecule is CCCCCCC(O)C=CC1CC2=C(NOCCC(=O)O)C[C@H]2C1O. The summed E-state index contributed by atoms with van der Waals surface area (Å²) in [5.41, 5.74) is 4.95. The maximum atomic E-state index is 10.4. The van der Waals surface area contributed by atoms with E-state index >= 15 is 0 Å². The molecule has 0 heterocycles. The lowest BCUT2D eigenvalue weighted by molar-refractivity contribution is -0.138. The van der Waals surface area contributed by atoms with Crippen LogP contribution in [0.3, 0.4) is 0 Å². The molecule has 3 unspecified atom stereocenters. The molecule has 6 nitrogen and oxygen atoms in total. The molecule has 0 spiro atoms. The number of carboxylic acid groups (broad SMARTS) is 1. The Morgan fingerprint density at radius 1 is 1.36 bits per heavy atom. The van der Waals surface area contributed by atoms with Crippen molar-refractivity contribution in [1.82, 2.24) is 5.48 Å². The second-order valence-electron chi connectivity index (χ2n) is 7.07. The molecule has 1 fully saturated rings. The molecule has 0 aromatic rings. The number of aliphatic hydroxyl groups excluding tert-OH is 2. The number of allylic oxidation sites excluding steroid dienone is 1. The second-order valence-corrected chi connectivity index (χ2v) is 7.07. The van der Waals surface area contributed by atoms with Crippen LogP contribution in [0.4, 0.5) is 0 Å². The summed E-state index contributed by atoms with van der Waals surface area (Å²) in [6.07, 6.45) is 9.72. The van der Waals surface area contributed by atoms with E-state index in [-0.39, 0.29) is 24.9 Å². The summed E-state index contributed by atoms with van der Waals surface area (Å²) in [5.74, 6) is -0.703. The minimum atomic E-state index is -0.888. The van der Waals surface area contributed by atoms with Gasteiger partial charge in [0, 0.05) is 17.5 Å². The van der Waals surface area contributed by atoms with Crippen molar-refractivity contribution in [3.8, 4) is 0 Å². The van der Waals surface area contributed by atoms with Crippen molar-refractivity contribution in [2.45, 2.75) is 70.5 Å². The van der Waals surface area contributed by atoms with Crippen molar-refractivity contribution in [3.05, 3.63) is 23.4 Å². The smallest absolute Gasteiger partial charge is 0.305 e. The fourth-order valence-corrected chi connectivity index (χ4v) is 3.55. The number of unbranched alkanes of at least 4 members (excludes halogenated alkanes) is 3. The second kappa shape index (κ2) is 9.94. The molecule has 142 valence electrons. The third kappa shape index (κ3) is 5.83. The van der Waals surface area contributed by atoms with Crippen molar-refractivity contribution in [1.29, 1.82) is 0 Å². The topological polar surface area (TPSA) is 99.0 Å². The first-order valence-electron chi connectivity index (χ1n) is 9.38. The fourth-order valence-electron chi connectivity index (χ4n) is 3.55. The first kappa shape index (κ1) is 19.9. The lowest BCUT2D eigenvalue weighted by Crippen LogP contribution is -2.32. The standard InChI is InChI=1S/C19H31NO5/c1-2-3-4-5-6-14(21)8-7-13-11-15-16(19(13)24)12-17(15)20-25-10-9-18(22)23/h7-8,13-14,16,19-21,24H,2-6,9-12H2,1H3,(H,22,23)/t13?,14?,16-,19?/m1/s1. The molecule has 2 aliphatic carbocycles. The molecule has 0 bridgehead atoms. The Hall–Kier alpha value is -1.37. The monoisotopic (exact) mass is 353 g/mol. The summed E-state index contributed by atoms with van der Waals surface area (Å²) in [7, 11) is 0. The number of hydrogen-bond donors (Lipinski definition) is 4. The van der Waals surface area contributed by atoms with Gasteiger partial charge in [-0.3, -0.25) is 15.1 Å². The maximum Gasteiger partial charge on any atom is 0.305 e. The average Bonchev–Trinajstić information content (AvgIpc) is 2.80. The highest BCUT2D eigenvalue weighted by Gasteiger charge is 2.45. The summed E-state index contributed by atoms with van der Waals surface area (Å²) in [6, 6.07) is 0.